The zero-order valence-electron chi connectivity index (χ0n) is 12.7. The average molecular weight is 349 g/mol. The summed E-state index contributed by atoms with van der Waals surface area (Å²) in [5, 5.41) is 3.78. The van der Waals surface area contributed by atoms with Crippen molar-refractivity contribution in [1.82, 2.24) is 19.7 Å². The molecular formula is C15H13ClN4O4. The Morgan fingerprint density at radius 1 is 1.29 bits per heavy atom. The van der Waals surface area contributed by atoms with Gasteiger partial charge in [-0.25, -0.2) is 4.79 Å². The minimum atomic E-state index is -0.640. The van der Waals surface area contributed by atoms with Gasteiger partial charge in [-0.05, 0) is 31.2 Å². The van der Waals surface area contributed by atoms with E-state index in [2.05, 4.69) is 15.1 Å². The van der Waals surface area contributed by atoms with Crippen LogP contribution >= 0.6 is 11.6 Å². The fourth-order valence-electron chi connectivity index (χ4n) is 2.05. The van der Waals surface area contributed by atoms with Gasteiger partial charge in [0.15, 0.2) is 0 Å². The number of aromatic nitrogens is 4. The van der Waals surface area contributed by atoms with Crippen molar-refractivity contribution in [1.29, 1.82) is 0 Å². The molecule has 0 saturated carbocycles. The largest absolute Gasteiger partial charge is 0.494 e. The van der Waals surface area contributed by atoms with E-state index in [0.717, 1.165) is 11.3 Å². The van der Waals surface area contributed by atoms with Crippen molar-refractivity contribution in [2.24, 2.45) is 0 Å². The molecule has 0 bridgehead atoms. The molecule has 0 atom stereocenters. The highest BCUT2D eigenvalue weighted by molar-refractivity contribution is 6.30. The van der Waals surface area contributed by atoms with Crippen LogP contribution < -0.4 is 16.0 Å². The minimum Gasteiger partial charge on any atom is -0.494 e. The van der Waals surface area contributed by atoms with Crippen molar-refractivity contribution in [2.45, 2.75) is 13.5 Å². The van der Waals surface area contributed by atoms with Gasteiger partial charge < -0.3 is 9.26 Å². The lowest BCUT2D eigenvalue weighted by Crippen LogP contribution is -2.30. The van der Waals surface area contributed by atoms with E-state index in [-0.39, 0.29) is 17.5 Å². The molecule has 0 saturated heterocycles. The summed E-state index contributed by atoms with van der Waals surface area (Å²) in [5.41, 5.74) is -0.496. The van der Waals surface area contributed by atoms with Crippen molar-refractivity contribution in [2.75, 3.05) is 6.61 Å². The summed E-state index contributed by atoms with van der Waals surface area (Å²) in [5.74, 6) is 1.35. The molecule has 0 radical (unpaired) electrons. The molecule has 0 unspecified atom stereocenters. The molecule has 1 N–H and O–H groups in total. The number of hydrogen-bond donors (Lipinski definition) is 1. The molecule has 0 aliphatic rings. The van der Waals surface area contributed by atoms with Crippen molar-refractivity contribution in [3.05, 3.63) is 62.2 Å². The molecular weight excluding hydrogens is 336 g/mol. The van der Waals surface area contributed by atoms with Crippen molar-refractivity contribution in [3.8, 4) is 17.1 Å². The van der Waals surface area contributed by atoms with E-state index in [1.165, 1.54) is 10.8 Å². The summed E-state index contributed by atoms with van der Waals surface area (Å²) < 4.78 is 11.7. The predicted octanol–water partition coefficient (Wildman–Crippen LogP) is 1.69. The van der Waals surface area contributed by atoms with Crippen molar-refractivity contribution < 1.29 is 9.26 Å². The zero-order chi connectivity index (χ0) is 17.1. The number of hydrogen-bond acceptors (Lipinski definition) is 6. The van der Waals surface area contributed by atoms with Gasteiger partial charge in [0.25, 0.3) is 5.56 Å². The second kappa shape index (κ2) is 6.71. The summed E-state index contributed by atoms with van der Waals surface area (Å²) in [6, 6.07) is 7.23. The first-order valence-electron chi connectivity index (χ1n) is 7.12. The van der Waals surface area contributed by atoms with Crippen LogP contribution in [0.3, 0.4) is 0 Å². The van der Waals surface area contributed by atoms with Crippen LogP contribution in [0, 0.1) is 0 Å². The van der Waals surface area contributed by atoms with Crippen molar-refractivity contribution >= 4 is 11.6 Å². The SMILES string of the molecule is CCOc1ccc(-c2noc(Cn3cc(Cl)c(=O)[nH]c3=O)n2)cc1. The molecule has 8 nitrogen and oxygen atoms in total. The predicted molar refractivity (Wildman–Crippen MR) is 86.3 cm³/mol. The molecule has 124 valence electrons. The highest BCUT2D eigenvalue weighted by Gasteiger charge is 2.11. The topological polar surface area (TPSA) is 103 Å². The van der Waals surface area contributed by atoms with E-state index in [0.29, 0.717) is 12.4 Å². The molecule has 0 aliphatic heterocycles. The number of ether oxygens (including phenoxy) is 1. The monoisotopic (exact) mass is 348 g/mol. The smallest absolute Gasteiger partial charge is 0.328 e. The lowest BCUT2D eigenvalue weighted by Gasteiger charge is -2.02. The average Bonchev–Trinajstić information content (AvgIpc) is 3.02. The summed E-state index contributed by atoms with van der Waals surface area (Å²) in [6.07, 6.45) is 1.23. The summed E-state index contributed by atoms with van der Waals surface area (Å²) in [7, 11) is 0. The zero-order valence-corrected chi connectivity index (χ0v) is 13.4. The maximum Gasteiger partial charge on any atom is 0.328 e. The second-order valence-corrected chi connectivity index (χ2v) is 5.24. The van der Waals surface area contributed by atoms with Crippen LogP contribution in [-0.2, 0) is 6.54 Å². The Morgan fingerprint density at radius 3 is 2.75 bits per heavy atom. The first kappa shape index (κ1) is 16.0. The molecule has 1 aromatic carbocycles. The fraction of sp³-hybridized carbons (Fsp3) is 0.200. The Labute approximate surface area is 140 Å². The van der Waals surface area contributed by atoms with Gasteiger partial charge in [0.1, 0.15) is 17.3 Å². The number of aromatic amines is 1. The number of benzene rings is 1. The molecule has 3 rings (SSSR count). The van der Waals surface area contributed by atoms with Crippen LogP contribution in [0.4, 0.5) is 0 Å². The van der Waals surface area contributed by atoms with E-state index in [1.807, 2.05) is 19.1 Å². The summed E-state index contributed by atoms with van der Waals surface area (Å²) in [4.78, 5) is 29.3. The minimum absolute atomic E-state index is 0.000632. The first-order chi connectivity index (χ1) is 11.6. The molecule has 2 heterocycles. The Balaban J connectivity index is 1.82. The van der Waals surface area contributed by atoms with Gasteiger partial charge >= 0.3 is 5.69 Å². The van der Waals surface area contributed by atoms with Gasteiger partial charge in [-0.1, -0.05) is 16.8 Å². The molecule has 2 aromatic heterocycles. The van der Waals surface area contributed by atoms with Gasteiger partial charge in [-0.2, -0.15) is 4.98 Å². The van der Waals surface area contributed by atoms with Crippen LogP contribution in [0.1, 0.15) is 12.8 Å². The first-order valence-corrected chi connectivity index (χ1v) is 7.49. The molecule has 0 spiro atoms. The second-order valence-electron chi connectivity index (χ2n) is 4.83. The normalized spacial score (nSPS) is 10.8. The van der Waals surface area contributed by atoms with Crippen LogP contribution in [0.25, 0.3) is 11.4 Å². The molecule has 0 fully saturated rings. The standard InChI is InChI=1S/C15H13ClN4O4/c1-2-23-10-5-3-9(4-6-10)13-17-12(24-19-13)8-20-7-11(16)14(21)18-15(20)22/h3-7H,2,8H2,1H3,(H,18,21,22). The third kappa shape index (κ3) is 3.38. The van der Waals surface area contributed by atoms with E-state index in [1.54, 1.807) is 12.1 Å². The van der Waals surface area contributed by atoms with E-state index in [4.69, 9.17) is 20.9 Å². The van der Waals surface area contributed by atoms with Gasteiger partial charge in [-0.3, -0.25) is 14.3 Å². The maximum absolute atomic E-state index is 11.7. The highest BCUT2D eigenvalue weighted by Crippen LogP contribution is 2.20. The number of nitrogens with one attached hydrogen (secondary N) is 1. The van der Waals surface area contributed by atoms with Crippen LogP contribution in [0.15, 0.2) is 44.6 Å². The van der Waals surface area contributed by atoms with E-state index >= 15 is 0 Å². The van der Waals surface area contributed by atoms with Gasteiger partial charge in [0, 0.05) is 11.8 Å². The van der Waals surface area contributed by atoms with Crippen LogP contribution in [0.2, 0.25) is 5.02 Å². The number of H-pyrrole nitrogens is 1. The molecule has 24 heavy (non-hydrogen) atoms. The Hall–Kier alpha value is -2.87. The molecule has 0 aliphatic carbocycles. The summed E-state index contributed by atoms with van der Waals surface area (Å²) in [6.45, 7) is 2.49. The number of nitrogens with zero attached hydrogens (tertiary/aromatic N) is 3. The summed E-state index contributed by atoms with van der Waals surface area (Å²) >= 11 is 5.71. The maximum atomic E-state index is 11.7. The molecule has 3 aromatic rings. The quantitative estimate of drug-likeness (QED) is 0.752. The number of halogens is 1. The molecule has 0 amide bonds. The number of rotatable bonds is 5. The molecule has 9 heteroatoms. The van der Waals surface area contributed by atoms with Gasteiger partial charge in [0.05, 0.1) is 6.61 Å². The fourth-order valence-corrected chi connectivity index (χ4v) is 2.21. The lowest BCUT2D eigenvalue weighted by molar-refractivity contribution is 0.340. The highest BCUT2D eigenvalue weighted by atomic mass is 35.5. The van der Waals surface area contributed by atoms with Crippen LogP contribution in [-0.4, -0.2) is 26.3 Å². The van der Waals surface area contributed by atoms with E-state index < -0.39 is 11.2 Å². The van der Waals surface area contributed by atoms with Crippen molar-refractivity contribution in [3.63, 3.8) is 0 Å². The van der Waals surface area contributed by atoms with Crippen LogP contribution in [0.5, 0.6) is 5.75 Å². The third-order valence-electron chi connectivity index (χ3n) is 3.16. The third-order valence-corrected chi connectivity index (χ3v) is 3.43. The lowest BCUT2D eigenvalue weighted by atomic mass is 10.2. The van der Waals surface area contributed by atoms with Gasteiger partial charge in [-0.15, -0.1) is 0 Å². The van der Waals surface area contributed by atoms with E-state index in [9.17, 15) is 9.59 Å². The Kier molecular flexibility index (Phi) is 4.48. The Bertz CT molecular complexity index is 959. The Morgan fingerprint density at radius 2 is 2.04 bits per heavy atom. The van der Waals surface area contributed by atoms with Gasteiger partial charge in [0.2, 0.25) is 11.7 Å².